The highest BCUT2D eigenvalue weighted by molar-refractivity contribution is 5.86. The van der Waals surface area contributed by atoms with Gasteiger partial charge < -0.3 is 14.9 Å². The molecule has 0 aromatic heterocycles. The van der Waals surface area contributed by atoms with Crippen LogP contribution in [0.15, 0.2) is 72.8 Å². The third kappa shape index (κ3) is 4.85. The van der Waals surface area contributed by atoms with Gasteiger partial charge >= 0.3 is 5.97 Å². The summed E-state index contributed by atoms with van der Waals surface area (Å²) in [6.07, 6.45) is 0.569. The van der Waals surface area contributed by atoms with E-state index in [1.54, 1.807) is 0 Å². The third-order valence-electron chi connectivity index (χ3n) is 6.36. The second-order valence-electron chi connectivity index (χ2n) is 8.62. The molecule has 32 heavy (non-hydrogen) atoms. The second-order valence-corrected chi connectivity index (χ2v) is 8.62. The monoisotopic (exact) mass is 428 g/mol. The lowest BCUT2D eigenvalue weighted by Gasteiger charge is -2.27. The Morgan fingerprint density at radius 3 is 2.53 bits per heavy atom. The minimum atomic E-state index is -0.903. The normalized spacial score (nSPS) is 22.1. The van der Waals surface area contributed by atoms with Crippen molar-refractivity contribution in [2.45, 2.75) is 44.5 Å². The summed E-state index contributed by atoms with van der Waals surface area (Å²) in [7, 11) is 0. The van der Waals surface area contributed by atoms with E-state index in [0.717, 1.165) is 21.9 Å². The predicted octanol–water partition coefficient (Wildman–Crippen LogP) is 5.14. The van der Waals surface area contributed by atoms with E-state index < -0.39 is 17.7 Å². The van der Waals surface area contributed by atoms with E-state index in [0.29, 0.717) is 19.4 Å². The third-order valence-corrected chi connectivity index (χ3v) is 6.36. The Morgan fingerprint density at radius 2 is 1.75 bits per heavy atom. The maximum Gasteiger partial charge on any atom is 0.303 e. The molecule has 3 aromatic rings. The summed E-state index contributed by atoms with van der Waals surface area (Å²) < 4.78 is 6.46. The maximum absolute atomic E-state index is 11.3. The molecule has 2 N–H and O–H groups in total. The first-order chi connectivity index (χ1) is 15.5. The smallest absolute Gasteiger partial charge is 0.303 e. The zero-order valence-electron chi connectivity index (χ0n) is 18.2. The van der Waals surface area contributed by atoms with Gasteiger partial charge in [0.1, 0.15) is 0 Å². The van der Waals surface area contributed by atoms with E-state index in [1.165, 1.54) is 0 Å². The number of fused-ring (bicyclic) bond motifs is 1. The highest BCUT2D eigenvalue weighted by Gasteiger charge is 2.36. The Hall–Kier alpha value is -3.13. The van der Waals surface area contributed by atoms with E-state index in [2.05, 4.69) is 30.0 Å². The van der Waals surface area contributed by atoms with Crippen LogP contribution in [0.3, 0.4) is 0 Å². The maximum atomic E-state index is 11.3. The average molecular weight is 429 g/mol. The van der Waals surface area contributed by atoms with Gasteiger partial charge in [-0.1, -0.05) is 84.6 Å². The number of carboxylic acids is 1. The molecule has 4 rings (SSSR count). The number of aliphatic carboxylic acids is 1. The van der Waals surface area contributed by atoms with Gasteiger partial charge in [0.2, 0.25) is 0 Å². The van der Waals surface area contributed by atoms with Crippen LogP contribution in [0.2, 0.25) is 0 Å². The summed E-state index contributed by atoms with van der Waals surface area (Å²) in [4.78, 5) is 11.3. The quantitative estimate of drug-likeness (QED) is 0.534. The fourth-order valence-electron chi connectivity index (χ4n) is 4.56. The number of carbonyl (C=O) groups is 1. The topological polar surface area (TPSA) is 66.8 Å². The number of hydrogen-bond donors (Lipinski definition) is 2. The van der Waals surface area contributed by atoms with Gasteiger partial charge in [0.05, 0.1) is 19.1 Å². The lowest BCUT2D eigenvalue weighted by molar-refractivity contribution is -0.139. The average Bonchev–Trinajstić information content (AvgIpc) is 3.15. The van der Waals surface area contributed by atoms with Crippen LogP contribution >= 0.6 is 0 Å². The van der Waals surface area contributed by atoms with Crippen LogP contribution in [0.4, 0.5) is 0 Å². The molecule has 0 radical (unpaired) electrons. The van der Waals surface area contributed by atoms with Crippen molar-refractivity contribution in [3.63, 3.8) is 0 Å². The summed E-state index contributed by atoms with van der Waals surface area (Å²) in [5.74, 6) is 5.24. The highest BCUT2D eigenvalue weighted by atomic mass is 16.5. The molecule has 164 valence electrons. The molecule has 1 fully saturated rings. The van der Waals surface area contributed by atoms with Crippen LogP contribution in [0.5, 0.6) is 0 Å². The van der Waals surface area contributed by atoms with Gasteiger partial charge in [-0.15, -0.1) is 0 Å². The standard InChI is InChI=1S/C28H28O4/c1-28(32-19-20-8-3-2-4-9-20,25-13-7-11-21-10-5-6-12-23(21)25)17-16-22-14-15-26(29)24(22)18-27(30)31/h2-13,22,24,26,29H,14-15,18-19H2,1H3,(H,30,31)/t22-,24-,26+,28?/m0/s1. The van der Waals surface area contributed by atoms with Gasteiger partial charge in [0.15, 0.2) is 5.60 Å². The van der Waals surface area contributed by atoms with Crippen molar-refractivity contribution in [1.29, 1.82) is 0 Å². The molecule has 0 amide bonds. The molecule has 1 saturated carbocycles. The van der Waals surface area contributed by atoms with E-state index in [4.69, 9.17) is 4.74 Å². The first-order valence-corrected chi connectivity index (χ1v) is 11.0. The van der Waals surface area contributed by atoms with E-state index >= 15 is 0 Å². The zero-order valence-corrected chi connectivity index (χ0v) is 18.2. The molecule has 1 aliphatic rings. The number of benzene rings is 3. The minimum absolute atomic E-state index is 0.0730. The second kappa shape index (κ2) is 9.56. The number of hydrogen-bond acceptors (Lipinski definition) is 3. The Kier molecular flexibility index (Phi) is 6.60. The van der Waals surface area contributed by atoms with Crippen LogP contribution in [0, 0.1) is 23.7 Å². The zero-order chi connectivity index (χ0) is 22.6. The molecule has 4 heteroatoms. The van der Waals surface area contributed by atoms with Crippen LogP contribution in [0.25, 0.3) is 10.8 Å². The Balaban J connectivity index is 1.71. The number of aliphatic hydroxyl groups excluding tert-OH is 1. The Labute approximate surface area is 188 Å². The molecule has 4 nitrogen and oxygen atoms in total. The molecule has 0 bridgehead atoms. The molecular weight excluding hydrogens is 400 g/mol. The van der Waals surface area contributed by atoms with Crippen molar-refractivity contribution in [2.75, 3.05) is 0 Å². The summed E-state index contributed by atoms with van der Waals surface area (Å²) in [6.45, 7) is 2.38. The van der Waals surface area contributed by atoms with Crippen molar-refractivity contribution in [3.8, 4) is 11.8 Å². The van der Waals surface area contributed by atoms with Gasteiger partial charge in [0, 0.05) is 17.4 Å². The molecule has 0 spiro atoms. The highest BCUT2D eigenvalue weighted by Crippen LogP contribution is 2.36. The van der Waals surface area contributed by atoms with E-state index in [1.807, 2.05) is 61.5 Å². The van der Waals surface area contributed by atoms with Gasteiger partial charge in [-0.05, 0) is 36.1 Å². The Bertz CT molecular complexity index is 1140. The minimum Gasteiger partial charge on any atom is -0.481 e. The van der Waals surface area contributed by atoms with E-state index in [9.17, 15) is 15.0 Å². The number of aliphatic hydroxyl groups is 1. The first kappa shape index (κ1) is 22.1. The largest absolute Gasteiger partial charge is 0.481 e. The van der Waals surface area contributed by atoms with Crippen LogP contribution in [-0.2, 0) is 21.7 Å². The van der Waals surface area contributed by atoms with Crippen molar-refractivity contribution in [2.24, 2.45) is 11.8 Å². The summed E-state index contributed by atoms with van der Waals surface area (Å²) >= 11 is 0. The SMILES string of the molecule is CC(C#C[C@@H]1CC[C@@H](O)[C@H]1CC(=O)O)(OCc1ccccc1)c1cccc2ccccc12. The van der Waals surface area contributed by atoms with Gasteiger partial charge in [-0.3, -0.25) is 4.79 Å². The molecule has 1 aliphatic carbocycles. The summed E-state index contributed by atoms with van der Waals surface area (Å²) in [5.41, 5.74) is 1.14. The number of rotatable bonds is 6. The van der Waals surface area contributed by atoms with Gasteiger partial charge in [-0.25, -0.2) is 0 Å². The number of ether oxygens (including phenoxy) is 1. The molecule has 1 unspecified atom stereocenters. The molecule has 0 saturated heterocycles. The predicted molar refractivity (Wildman–Crippen MR) is 125 cm³/mol. The summed E-state index contributed by atoms with van der Waals surface area (Å²) in [6, 6.07) is 24.3. The van der Waals surface area contributed by atoms with Crippen LogP contribution in [-0.4, -0.2) is 22.3 Å². The number of carboxylic acid groups (broad SMARTS) is 1. The molecule has 0 heterocycles. The molecule has 3 aromatic carbocycles. The van der Waals surface area contributed by atoms with Gasteiger partial charge in [-0.2, -0.15) is 0 Å². The first-order valence-electron chi connectivity index (χ1n) is 11.0. The van der Waals surface area contributed by atoms with Gasteiger partial charge in [0.25, 0.3) is 0 Å². The fourth-order valence-corrected chi connectivity index (χ4v) is 4.56. The molecule has 4 atom stereocenters. The van der Waals surface area contributed by atoms with Crippen molar-refractivity contribution >= 4 is 16.7 Å². The van der Waals surface area contributed by atoms with Crippen LogP contribution in [0.1, 0.15) is 37.3 Å². The molecular formula is C28H28O4. The van der Waals surface area contributed by atoms with Crippen LogP contribution < -0.4 is 0 Å². The fraction of sp³-hybridized carbons (Fsp3) is 0.321. The lowest BCUT2D eigenvalue weighted by Crippen LogP contribution is -2.26. The molecule has 0 aliphatic heterocycles. The Morgan fingerprint density at radius 1 is 1.03 bits per heavy atom. The summed E-state index contributed by atoms with van der Waals surface area (Å²) in [5, 5.41) is 21.7. The van der Waals surface area contributed by atoms with Crippen molar-refractivity contribution < 1.29 is 19.7 Å². The van der Waals surface area contributed by atoms with Crippen molar-refractivity contribution in [1.82, 2.24) is 0 Å². The van der Waals surface area contributed by atoms with E-state index in [-0.39, 0.29) is 18.3 Å². The lowest BCUT2D eigenvalue weighted by atomic mass is 9.88. The van der Waals surface area contributed by atoms with Crippen molar-refractivity contribution in [3.05, 3.63) is 83.9 Å².